The Bertz CT molecular complexity index is 1200. The van der Waals surface area contributed by atoms with E-state index in [4.69, 9.17) is 9.15 Å². The van der Waals surface area contributed by atoms with Gasteiger partial charge in [0.1, 0.15) is 30.3 Å². The number of fused-ring (bicyclic) bond motifs is 1. The number of carbonyl (C=O) groups is 1. The fourth-order valence-corrected chi connectivity index (χ4v) is 2.58. The molecule has 4 rings (SSSR count). The Morgan fingerprint density at radius 1 is 1.11 bits per heavy atom. The monoisotopic (exact) mass is 379 g/mol. The van der Waals surface area contributed by atoms with Crippen LogP contribution in [0, 0.1) is 5.82 Å². The van der Waals surface area contributed by atoms with Crippen molar-refractivity contribution in [1.82, 2.24) is 9.66 Å². The van der Waals surface area contributed by atoms with Crippen molar-refractivity contribution in [2.75, 3.05) is 5.43 Å². The minimum atomic E-state index is -0.604. The Labute approximate surface area is 158 Å². The minimum Gasteiger partial charge on any atom is -0.486 e. The largest absolute Gasteiger partial charge is 0.486 e. The van der Waals surface area contributed by atoms with Gasteiger partial charge in [-0.1, -0.05) is 12.1 Å². The van der Waals surface area contributed by atoms with Gasteiger partial charge < -0.3 is 9.15 Å². The summed E-state index contributed by atoms with van der Waals surface area (Å²) in [6, 6.07) is 15.4. The summed E-state index contributed by atoms with van der Waals surface area (Å²) < 4.78 is 24.8. The standard InChI is InChI=1S/C20H14FN3O4/c21-13-5-7-14(8-6-13)27-11-15-9-10-18(28-15)19(25)23-24-12-22-17-4-2-1-3-16(17)20(24)26/h1-10,12H,11H2,(H,23,25). The molecule has 28 heavy (non-hydrogen) atoms. The topological polar surface area (TPSA) is 86.4 Å². The number of ether oxygens (including phenoxy) is 1. The lowest BCUT2D eigenvalue weighted by atomic mass is 10.2. The van der Waals surface area contributed by atoms with Crippen LogP contribution >= 0.6 is 0 Å². The van der Waals surface area contributed by atoms with E-state index in [0.29, 0.717) is 22.4 Å². The summed E-state index contributed by atoms with van der Waals surface area (Å²) in [5, 5.41) is 0.387. The molecule has 1 N–H and O–H groups in total. The molecule has 0 radical (unpaired) electrons. The first kappa shape index (κ1) is 17.5. The minimum absolute atomic E-state index is 0.0118. The van der Waals surface area contributed by atoms with E-state index in [1.165, 1.54) is 36.7 Å². The highest BCUT2D eigenvalue weighted by molar-refractivity contribution is 5.97. The molecule has 7 nitrogen and oxygen atoms in total. The SMILES string of the molecule is O=C(Nn1cnc2ccccc2c1=O)c1ccc(COc2ccc(F)cc2)o1. The van der Waals surface area contributed by atoms with Crippen molar-refractivity contribution in [2.45, 2.75) is 6.61 Å². The molecule has 0 aliphatic carbocycles. The molecule has 2 aromatic heterocycles. The summed E-state index contributed by atoms with van der Waals surface area (Å²) in [5.74, 6) is -0.0799. The van der Waals surface area contributed by atoms with Gasteiger partial charge in [-0.2, -0.15) is 0 Å². The molecule has 8 heteroatoms. The number of aromatic nitrogens is 2. The second-order valence-electron chi connectivity index (χ2n) is 5.89. The molecule has 4 aromatic rings. The van der Waals surface area contributed by atoms with Crippen LogP contribution in [-0.2, 0) is 6.61 Å². The zero-order valence-electron chi connectivity index (χ0n) is 14.5. The van der Waals surface area contributed by atoms with Gasteiger partial charge in [-0.3, -0.25) is 15.0 Å². The molecule has 2 aromatic carbocycles. The van der Waals surface area contributed by atoms with Crippen LogP contribution in [0.2, 0.25) is 0 Å². The maximum absolute atomic E-state index is 12.9. The molecule has 2 heterocycles. The third-order valence-corrected chi connectivity index (χ3v) is 3.97. The zero-order chi connectivity index (χ0) is 19.5. The van der Waals surface area contributed by atoms with Crippen LogP contribution in [0.1, 0.15) is 16.3 Å². The Kier molecular flexibility index (Phi) is 4.59. The third kappa shape index (κ3) is 3.61. The molecule has 0 aliphatic heterocycles. The van der Waals surface area contributed by atoms with Gasteiger partial charge >= 0.3 is 5.91 Å². The van der Waals surface area contributed by atoms with Gasteiger partial charge in [0.2, 0.25) is 0 Å². The third-order valence-electron chi connectivity index (χ3n) is 3.97. The highest BCUT2D eigenvalue weighted by Gasteiger charge is 2.13. The van der Waals surface area contributed by atoms with E-state index >= 15 is 0 Å². The maximum atomic E-state index is 12.9. The predicted molar refractivity (Wildman–Crippen MR) is 99.1 cm³/mol. The van der Waals surface area contributed by atoms with Gasteiger partial charge in [0.05, 0.1) is 10.9 Å². The molecule has 0 atom stereocenters. The average Bonchev–Trinajstić information content (AvgIpc) is 3.19. The lowest BCUT2D eigenvalue weighted by Gasteiger charge is -2.07. The summed E-state index contributed by atoms with van der Waals surface area (Å²) in [6.45, 7) is 0.0659. The highest BCUT2D eigenvalue weighted by Crippen LogP contribution is 2.15. The van der Waals surface area contributed by atoms with Crippen LogP contribution in [0.5, 0.6) is 5.75 Å². The highest BCUT2D eigenvalue weighted by atomic mass is 19.1. The Hall–Kier alpha value is -3.94. The number of furan rings is 1. The van der Waals surface area contributed by atoms with E-state index in [1.807, 2.05) is 0 Å². The number of halogens is 1. The summed E-state index contributed by atoms with van der Waals surface area (Å²) in [5.41, 5.74) is 2.58. The van der Waals surface area contributed by atoms with Gasteiger partial charge in [-0.15, -0.1) is 0 Å². The molecule has 1 amide bonds. The number of hydrogen-bond acceptors (Lipinski definition) is 5. The fourth-order valence-electron chi connectivity index (χ4n) is 2.58. The number of hydrogen-bond donors (Lipinski definition) is 1. The number of rotatable bonds is 5. The van der Waals surface area contributed by atoms with Crippen LogP contribution in [-0.4, -0.2) is 15.6 Å². The Morgan fingerprint density at radius 3 is 2.71 bits per heavy atom. The van der Waals surface area contributed by atoms with Crippen molar-refractivity contribution in [3.05, 3.63) is 94.7 Å². The van der Waals surface area contributed by atoms with E-state index in [1.54, 1.807) is 30.3 Å². The first-order chi connectivity index (χ1) is 13.6. The number of carbonyl (C=O) groups excluding carboxylic acids is 1. The number of benzene rings is 2. The predicted octanol–water partition coefficient (Wildman–Crippen LogP) is 3.09. The van der Waals surface area contributed by atoms with Crippen LogP contribution in [0.15, 0.2) is 76.2 Å². The van der Waals surface area contributed by atoms with Gasteiger partial charge in [-0.25, -0.2) is 14.1 Å². The molecule has 0 spiro atoms. The van der Waals surface area contributed by atoms with Crippen molar-refractivity contribution >= 4 is 16.8 Å². The Balaban J connectivity index is 1.45. The smallest absolute Gasteiger partial charge is 0.305 e. The second kappa shape index (κ2) is 7.36. The molecule has 0 saturated heterocycles. The van der Waals surface area contributed by atoms with Gasteiger partial charge in [0.25, 0.3) is 5.56 Å². The normalized spacial score (nSPS) is 10.8. The van der Waals surface area contributed by atoms with Crippen LogP contribution in [0.3, 0.4) is 0 Å². The van der Waals surface area contributed by atoms with Crippen LogP contribution < -0.4 is 15.7 Å². The average molecular weight is 379 g/mol. The number of nitrogens with one attached hydrogen (secondary N) is 1. The summed E-state index contributed by atoms with van der Waals surface area (Å²) in [7, 11) is 0. The lowest BCUT2D eigenvalue weighted by Crippen LogP contribution is -2.33. The maximum Gasteiger partial charge on any atom is 0.305 e. The van der Waals surface area contributed by atoms with E-state index in [-0.39, 0.29) is 18.2 Å². The number of nitrogens with zero attached hydrogens (tertiary/aromatic N) is 2. The first-order valence-corrected chi connectivity index (χ1v) is 8.35. The van der Waals surface area contributed by atoms with Gasteiger partial charge in [0, 0.05) is 0 Å². The molecule has 0 unspecified atom stereocenters. The number of amides is 1. The zero-order valence-corrected chi connectivity index (χ0v) is 14.5. The van der Waals surface area contributed by atoms with Crippen molar-refractivity contribution in [1.29, 1.82) is 0 Å². The molecule has 0 bridgehead atoms. The number of para-hydroxylation sites is 1. The fraction of sp³-hybridized carbons (Fsp3) is 0.0500. The second-order valence-corrected chi connectivity index (χ2v) is 5.89. The summed E-state index contributed by atoms with van der Waals surface area (Å²) >= 11 is 0. The lowest BCUT2D eigenvalue weighted by molar-refractivity contribution is 0.0976. The van der Waals surface area contributed by atoms with Crippen molar-refractivity contribution in [3.8, 4) is 5.75 Å². The quantitative estimate of drug-likeness (QED) is 0.576. The molecular weight excluding hydrogens is 365 g/mol. The first-order valence-electron chi connectivity index (χ1n) is 8.35. The van der Waals surface area contributed by atoms with Crippen molar-refractivity contribution in [3.63, 3.8) is 0 Å². The van der Waals surface area contributed by atoms with Crippen molar-refractivity contribution < 1.29 is 18.3 Å². The summed E-state index contributed by atoms with van der Waals surface area (Å²) in [6.07, 6.45) is 1.24. The van der Waals surface area contributed by atoms with Gasteiger partial charge in [-0.05, 0) is 48.5 Å². The molecule has 0 aliphatic rings. The van der Waals surface area contributed by atoms with E-state index in [9.17, 15) is 14.0 Å². The Morgan fingerprint density at radius 2 is 1.89 bits per heavy atom. The van der Waals surface area contributed by atoms with E-state index < -0.39 is 11.5 Å². The van der Waals surface area contributed by atoms with Crippen molar-refractivity contribution in [2.24, 2.45) is 0 Å². The molecular formula is C20H14FN3O4. The van der Waals surface area contributed by atoms with Crippen LogP contribution in [0.4, 0.5) is 4.39 Å². The molecule has 0 saturated carbocycles. The summed E-state index contributed by atoms with van der Waals surface area (Å²) in [4.78, 5) is 28.9. The molecule has 140 valence electrons. The van der Waals surface area contributed by atoms with E-state index in [2.05, 4.69) is 10.4 Å². The van der Waals surface area contributed by atoms with Crippen LogP contribution in [0.25, 0.3) is 10.9 Å². The molecule has 0 fully saturated rings. The van der Waals surface area contributed by atoms with Gasteiger partial charge in [0.15, 0.2) is 5.76 Å². The van der Waals surface area contributed by atoms with E-state index in [0.717, 1.165) is 4.68 Å².